The molecule has 2 aliphatic heterocycles. The molecule has 0 aliphatic carbocycles. The highest BCUT2D eigenvalue weighted by molar-refractivity contribution is 6.36. The molecule has 37 heavy (non-hydrogen) atoms. The van der Waals surface area contributed by atoms with Gasteiger partial charge in [-0.1, -0.05) is 66.2 Å². The quantitative estimate of drug-likeness (QED) is 0.360. The van der Waals surface area contributed by atoms with Crippen LogP contribution in [0.5, 0.6) is 0 Å². The number of amides is 1. The number of benzene rings is 3. The van der Waals surface area contributed by atoms with Crippen LogP contribution >= 0.6 is 11.6 Å². The molecule has 1 saturated heterocycles. The number of hydrogen-bond donors (Lipinski definition) is 3. The van der Waals surface area contributed by atoms with Gasteiger partial charge in [-0.3, -0.25) is 10.2 Å². The fraction of sp³-hybridized carbons (Fsp3) is 0.185. The number of ether oxygens (including phenoxy) is 2. The third kappa shape index (κ3) is 5.32. The van der Waals surface area contributed by atoms with E-state index in [1.807, 2.05) is 54.6 Å². The van der Waals surface area contributed by atoms with Crippen LogP contribution in [0, 0.1) is 5.41 Å². The maximum absolute atomic E-state index is 13.1. The number of rotatable bonds is 4. The number of carbonyl (C=O) groups excluding carboxylic acids is 1. The topological polar surface area (TPSA) is 125 Å². The number of para-hydroxylation sites is 2. The van der Waals surface area contributed by atoms with Gasteiger partial charge >= 0.3 is 0 Å². The second kappa shape index (κ2) is 10.8. The van der Waals surface area contributed by atoms with Gasteiger partial charge in [0.25, 0.3) is 11.9 Å². The molecule has 5 rings (SSSR count). The Kier molecular flexibility index (Phi) is 7.16. The predicted molar refractivity (Wildman–Crippen MR) is 145 cm³/mol. The van der Waals surface area contributed by atoms with Gasteiger partial charge in [0, 0.05) is 29.9 Å². The van der Waals surface area contributed by atoms with E-state index in [-0.39, 0.29) is 11.9 Å². The smallest absolute Gasteiger partial charge is 0.291 e. The van der Waals surface area contributed by atoms with Crippen molar-refractivity contribution < 1.29 is 14.3 Å². The second-order valence-electron chi connectivity index (χ2n) is 8.38. The minimum absolute atomic E-state index is 0.184. The van der Waals surface area contributed by atoms with Gasteiger partial charge in [0.1, 0.15) is 0 Å². The third-order valence-electron chi connectivity index (χ3n) is 6.01. The Hall–Kier alpha value is -4.21. The molecule has 3 aromatic carbocycles. The third-order valence-corrected chi connectivity index (χ3v) is 6.32. The van der Waals surface area contributed by atoms with Crippen LogP contribution in [-0.2, 0) is 14.3 Å². The SMILES string of the molecule is N=C(O/C(N)=N/C1N=C(c2ccccc2)c2cccc(Cl)c2NC1=O)c1ccccc1N1CCOCC1. The molecule has 3 aromatic rings. The highest BCUT2D eigenvalue weighted by atomic mass is 35.5. The van der Waals surface area contributed by atoms with Crippen LogP contribution in [0.15, 0.2) is 82.8 Å². The Morgan fingerprint density at radius 1 is 1.08 bits per heavy atom. The average molecular weight is 517 g/mol. The minimum atomic E-state index is -1.25. The van der Waals surface area contributed by atoms with E-state index in [0.717, 1.165) is 11.3 Å². The van der Waals surface area contributed by atoms with Gasteiger partial charge < -0.3 is 25.4 Å². The Balaban J connectivity index is 1.44. The molecule has 0 aromatic heterocycles. The van der Waals surface area contributed by atoms with Gasteiger partial charge in [0.2, 0.25) is 12.1 Å². The van der Waals surface area contributed by atoms with E-state index in [1.54, 1.807) is 18.2 Å². The summed E-state index contributed by atoms with van der Waals surface area (Å²) in [6, 6.07) is 21.8. The van der Waals surface area contributed by atoms with Crippen LogP contribution in [0.25, 0.3) is 0 Å². The molecule has 1 amide bonds. The monoisotopic (exact) mass is 516 g/mol. The number of nitrogens with two attached hydrogens (primary N) is 1. The molecular formula is C27H25ClN6O3. The van der Waals surface area contributed by atoms with E-state index < -0.39 is 12.1 Å². The van der Waals surface area contributed by atoms with Crippen molar-refractivity contribution in [1.29, 1.82) is 5.41 Å². The van der Waals surface area contributed by atoms with Gasteiger partial charge in [-0.05, 0) is 18.2 Å². The van der Waals surface area contributed by atoms with Gasteiger partial charge in [0.05, 0.1) is 35.2 Å². The maximum atomic E-state index is 13.1. The molecule has 188 valence electrons. The number of benzodiazepines with no additional fused rings is 1. The van der Waals surface area contributed by atoms with E-state index in [1.165, 1.54) is 0 Å². The molecule has 10 heteroatoms. The molecular weight excluding hydrogens is 492 g/mol. The lowest BCUT2D eigenvalue weighted by Gasteiger charge is -2.30. The molecule has 1 atom stereocenters. The number of anilines is 2. The summed E-state index contributed by atoms with van der Waals surface area (Å²) in [5, 5.41) is 11.7. The number of morpholine rings is 1. The Labute approximate surface area is 219 Å². The number of nitrogens with one attached hydrogen (secondary N) is 2. The summed E-state index contributed by atoms with van der Waals surface area (Å²) in [5.74, 6) is -0.706. The summed E-state index contributed by atoms with van der Waals surface area (Å²) in [4.78, 5) is 24.1. The molecule has 2 aliphatic rings. The van der Waals surface area contributed by atoms with Crippen LogP contribution in [0.4, 0.5) is 11.4 Å². The Morgan fingerprint density at radius 3 is 2.59 bits per heavy atom. The van der Waals surface area contributed by atoms with E-state index in [0.29, 0.717) is 53.9 Å². The van der Waals surface area contributed by atoms with Crippen molar-refractivity contribution in [3.8, 4) is 0 Å². The Bertz CT molecular complexity index is 1390. The largest absolute Gasteiger partial charge is 0.407 e. The van der Waals surface area contributed by atoms with Gasteiger partial charge in [-0.2, -0.15) is 4.99 Å². The average Bonchev–Trinajstić information content (AvgIpc) is 3.06. The molecule has 0 spiro atoms. The standard InChI is InChI=1S/C27H25ClN6O3/c28-20-11-6-10-19-22(17-7-2-1-3-8-17)31-25(26(35)32-23(19)20)33-27(30)37-24(29)18-9-4-5-12-21(18)34-13-15-36-16-14-34/h1-12,25,29H,13-16H2,(H2,30,33)(H,32,35). The number of nitrogens with zero attached hydrogens (tertiary/aromatic N) is 3. The molecule has 4 N–H and O–H groups in total. The predicted octanol–water partition coefficient (Wildman–Crippen LogP) is 3.65. The van der Waals surface area contributed by atoms with E-state index in [9.17, 15) is 4.79 Å². The summed E-state index contributed by atoms with van der Waals surface area (Å²) in [6.07, 6.45) is -1.25. The van der Waals surface area contributed by atoms with Crippen LogP contribution in [-0.4, -0.2) is 56.0 Å². The van der Waals surface area contributed by atoms with Crippen LogP contribution in [0.1, 0.15) is 16.7 Å². The van der Waals surface area contributed by atoms with Crippen LogP contribution in [0.2, 0.25) is 5.02 Å². The molecule has 9 nitrogen and oxygen atoms in total. The number of hydrogen-bond acceptors (Lipinski definition) is 7. The highest BCUT2D eigenvalue weighted by Gasteiger charge is 2.28. The van der Waals surface area contributed by atoms with Crippen molar-refractivity contribution in [3.05, 3.63) is 94.5 Å². The summed E-state index contributed by atoms with van der Waals surface area (Å²) < 4.78 is 11.0. The summed E-state index contributed by atoms with van der Waals surface area (Å²) >= 11 is 6.41. The van der Waals surface area contributed by atoms with Crippen molar-refractivity contribution in [2.75, 3.05) is 36.5 Å². The van der Waals surface area contributed by atoms with Gasteiger partial charge in [-0.15, -0.1) is 0 Å². The second-order valence-corrected chi connectivity index (χ2v) is 8.79. The van der Waals surface area contributed by atoms with Gasteiger partial charge in [-0.25, -0.2) is 4.99 Å². The molecule has 0 saturated carbocycles. The first kappa shape index (κ1) is 24.5. The molecule has 2 heterocycles. The van der Waals surface area contributed by atoms with E-state index in [2.05, 4.69) is 20.2 Å². The zero-order valence-corrected chi connectivity index (χ0v) is 20.6. The minimum Gasteiger partial charge on any atom is -0.407 e. The van der Waals surface area contributed by atoms with Crippen LogP contribution in [0.3, 0.4) is 0 Å². The first-order valence-corrected chi connectivity index (χ1v) is 12.1. The normalized spacial score (nSPS) is 17.8. The van der Waals surface area contributed by atoms with E-state index in [4.69, 9.17) is 32.2 Å². The lowest BCUT2D eigenvalue weighted by atomic mass is 10.0. The fourth-order valence-electron chi connectivity index (χ4n) is 4.25. The number of halogens is 1. The highest BCUT2D eigenvalue weighted by Crippen LogP contribution is 2.31. The van der Waals surface area contributed by atoms with Crippen molar-refractivity contribution in [2.24, 2.45) is 15.7 Å². The number of carbonyl (C=O) groups is 1. The molecule has 0 radical (unpaired) electrons. The fourth-order valence-corrected chi connectivity index (χ4v) is 4.47. The number of aliphatic imine (C=N–C) groups is 2. The van der Waals surface area contributed by atoms with E-state index >= 15 is 0 Å². The molecule has 1 unspecified atom stereocenters. The Morgan fingerprint density at radius 2 is 1.81 bits per heavy atom. The first-order valence-electron chi connectivity index (χ1n) is 11.8. The summed E-state index contributed by atoms with van der Waals surface area (Å²) in [6.45, 7) is 2.63. The summed E-state index contributed by atoms with van der Waals surface area (Å²) in [7, 11) is 0. The summed E-state index contributed by atoms with van der Waals surface area (Å²) in [5.41, 5.74) is 9.90. The number of fused-ring (bicyclic) bond motifs is 1. The first-order chi connectivity index (χ1) is 18.0. The molecule has 1 fully saturated rings. The van der Waals surface area contributed by atoms with Crippen molar-refractivity contribution in [1.82, 2.24) is 0 Å². The van der Waals surface area contributed by atoms with Crippen molar-refractivity contribution in [2.45, 2.75) is 6.17 Å². The van der Waals surface area contributed by atoms with Crippen molar-refractivity contribution >= 4 is 46.5 Å². The zero-order valence-electron chi connectivity index (χ0n) is 19.9. The van der Waals surface area contributed by atoms with Gasteiger partial charge in [0.15, 0.2) is 0 Å². The molecule has 0 bridgehead atoms. The van der Waals surface area contributed by atoms with Crippen LogP contribution < -0.4 is 16.0 Å². The van der Waals surface area contributed by atoms with Crippen molar-refractivity contribution in [3.63, 3.8) is 0 Å². The maximum Gasteiger partial charge on any atom is 0.291 e. The lowest BCUT2D eigenvalue weighted by molar-refractivity contribution is -0.117. The lowest BCUT2D eigenvalue weighted by Crippen LogP contribution is -2.37. The zero-order chi connectivity index (χ0) is 25.8. The number of amidine groups is 1.